The van der Waals surface area contributed by atoms with Crippen molar-refractivity contribution in [1.82, 2.24) is 4.90 Å². The van der Waals surface area contributed by atoms with Crippen molar-refractivity contribution in [1.29, 1.82) is 0 Å². The van der Waals surface area contributed by atoms with E-state index in [1.165, 1.54) is 0 Å². The van der Waals surface area contributed by atoms with Crippen molar-refractivity contribution in [3.8, 4) is 0 Å². The van der Waals surface area contributed by atoms with Gasteiger partial charge in [0.05, 0.1) is 23.4 Å². The normalized spacial score (nSPS) is 43.5. The van der Waals surface area contributed by atoms with Crippen LogP contribution in [-0.2, 0) is 4.74 Å². The van der Waals surface area contributed by atoms with Crippen LogP contribution in [0.3, 0.4) is 0 Å². The number of hydrogen-bond donors (Lipinski definition) is 3. The van der Waals surface area contributed by atoms with Crippen LogP contribution >= 0.6 is 0 Å². The number of hydrogen-bond acceptors (Lipinski definition) is 5. The van der Waals surface area contributed by atoms with Gasteiger partial charge in [0.15, 0.2) is 0 Å². The first-order valence-corrected chi connectivity index (χ1v) is 6.68. The highest BCUT2D eigenvalue weighted by Crippen LogP contribution is 2.41. The molecule has 2 rings (SSSR count). The van der Waals surface area contributed by atoms with Gasteiger partial charge in [-0.3, -0.25) is 4.90 Å². The molecule has 2 saturated heterocycles. The summed E-state index contributed by atoms with van der Waals surface area (Å²) in [6, 6.07) is -0.0395. The SMILES string of the molecule is CC1(C)OC(C)(C)C(CN2CC(O)C(O)C2)C1N. The van der Waals surface area contributed by atoms with Crippen molar-refractivity contribution < 1.29 is 14.9 Å². The molecule has 0 aliphatic carbocycles. The summed E-state index contributed by atoms with van der Waals surface area (Å²) in [4.78, 5) is 2.08. The third kappa shape index (κ3) is 2.42. The minimum atomic E-state index is -0.639. The molecule has 0 aromatic carbocycles. The molecular formula is C13H26N2O3. The predicted octanol–water partition coefficient (Wildman–Crippen LogP) is -0.445. The lowest BCUT2D eigenvalue weighted by atomic mass is 9.83. The van der Waals surface area contributed by atoms with Crippen LogP contribution in [-0.4, -0.2) is 64.2 Å². The number of rotatable bonds is 2. The van der Waals surface area contributed by atoms with E-state index in [-0.39, 0.29) is 23.2 Å². The van der Waals surface area contributed by atoms with Crippen LogP contribution in [0.4, 0.5) is 0 Å². The first kappa shape index (κ1) is 14.2. The van der Waals surface area contributed by atoms with Crippen LogP contribution in [0.2, 0.25) is 0 Å². The summed E-state index contributed by atoms with van der Waals surface area (Å²) in [5, 5.41) is 19.2. The quantitative estimate of drug-likeness (QED) is 0.625. The Kier molecular flexibility index (Phi) is 3.49. The number of aliphatic hydroxyl groups excluding tert-OH is 2. The van der Waals surface area contributed by atoms with Gasteiger partial charge in [0, 0.05) is 31.6 Å². The molecule has 0 saturated carbocycles. The lowest BCUT2D eigenvalue weighted by Crippen LogP contribution is -2.48. The summed E-state index contributed by atoms with van der Waals surface area (Å²) in [7, 11) is 0. The topological polar surface area (TPSA) is 79.0 Å². The molecule has 0 amide bonds. The van der Waals surface area contributed by atoms with E-state index in [2.05, 4.69) is 18.7 Å². The maximum Gasteiger partial charge on any atom is 0.0938 e. The van der Waals surface area contributed by atoms with Gasteiger partial charge in [-0.2, -0.15) is 0 Å². The molecular weight excluding hydrogens is 232 g/mol. The Labute approximate surface area is 109 Å². The van der Waals surface area contributed by atoms with Crippen LogP contribution in [0.1, 0.15) is 27.7 Å². The predicted molar refractivity (Wildman–Crippen MR) is 69.2 cm³/mol. The van der Waals surface area contributed by atoms with Crippen molar-refractivity contribution in [3.05, 3.63) is 0 Å². The number of aliphatic hydroxyl groups is 2. The van der Waals surface area contributed by atoms with Gasteiger partial charge in [0.25, 0.3) is 0 Å². The number of nitrogens with zero attached hydrogens (tertiary/aromatic N) is 1. The molecule has 5 nitrogen and oxygen atoms in total. The molecule has 4 unspecified atom stereocenters. The highest BCUT2D eigenvalue weighted by molar-refractivity contribution is 5.05. The highest BCUT2D eigenvalue weighted by Gasteiger charge is 2.52. The van der Waals surface area contributed by atoms with Crippen molar-refractivity contribution in [2.24, 2.45) is 11.7 Å². The van der Waals surface area contributed by atoms with Gasteiger partial charge < -0.3 is 20.7 Å². The first-order chi connectivity index (χ1) is 8.13. The zero-order valence-electron chi connectivity index (χ0n) is 11.8. The summed E-state index contributed by atoms with van der Waals surface area (Å²) in [6.45, 7) is 9.96. The Balaban J connectivity index is 2.05. The molecule has 2 aliphatic rings. The summed E-state index contributed by atoms with van der Waals surface area (Å²) < 4.78 is 6.05. The van der Waals surface area contributed by atoms with Crippen LogP contribution in [0.5, 0.6) is 0 Å². The Morgan fingerprint density at radius 3 is 2.00 bits per heavy atom. The molecule has 18 heavy (non-hydrogen) atoms. The van der Waals surface area contributed by atoms with Gasteiger partial charge in [0.1, 0.15) is 0 Å². The van der Waals surface area contributed by atoms with E-state index >= 15 is 0 Å². The first-order valence-electron chi connectivity index (χ1n) is 6.68. The molecule has 5 heteroatoms. The monoisotopic (exact) mass is 258 g/mol. The van der Waals surface area contributed by atoms with E-state index in [0.717, 1.165) is 6.54 Å². The van der Waals surface area contributed by atoms with Crippen LogP contribution < -0.4 is 5.73 Å². The van der Waals surface area contributed by atoms with Crippen LogP contribution in [0.15, 0.2) is 0 Å². The summed E-state index contributed by atoms with van der Waals surface area (Å²) in [6.07, 6.45) is -1.28. The average molecular weight is 258 g/mol. The summed E-state index contributed by atoms with van der Waals surface area (Å²) in [5.74, 6) is 0.199. The zero-order valence-corrected chi connectivity index (χ0v) is 11.8. The van der Waals surface area contributed by atoms with E-state index in [1.807, 2.05) is 13.8 Å². The van der Waals surface area contributed by atoms with Gasteiger partial charge in [-0.15, -0.1) is 0 Å². The number of likely N-dealkylation sites (tertiary alicyclic amines) is 1. The van der Waals surface area contributed by atoms with E-state index < -0.39 is 12.2 Å². The fraction of sp³-hybridized carbons (Fsp3) is 1.00. The third-order valence-corrected chi connectivity index (χ3v) is 4.44. The number of nitrogens with two attached hydrogens (primary N) is 1. The zero-order chi connectivity index (χ0) is 13.7. The molecule has 0 aromatic heterocycles. The van der Waals surface area contributed by atoms with Crippen molar-refractivity contribution in [3.63, 3.8) is 0 Å². The second-order valence-electron chi connectivity index (χ2n) is 6.79. The Bertz CT molecular complexity index is 309. The van der Waals surface area contributed by atoms with Crippen LogP contribution in [0.25, 0.3) is 0 Å². The fourth-order valence-corrected chi connectivity index (χ4v) is 3.35. The fourth-order valence-electron chi connectivity index (χ4n) is 3.35. The second-order valence-corrected chi connectivity index (χ2v) is 6.79. The van der Waals surface area contributed by atoms with Gasteiger partial charge >= 0.3 is 0 Å². The number of β-amino-alcohol motifs (C(OH)–C–C–N with tert-alkyl or cyclic N) is 2. The van der Waals surface area contributed by atoms with Gasteiger partial charge in [0.2, 0.25) is 0 Å². The van der Waals surface area contributed by atoms with Crippen molar-refractivity contribution in [2.45, 2.75) is 57.1 Å². The van der Waals surface area contributed by atoms with Crippen molar-refractivity contribution in [2.75, 3.05) is 19.6 Å². The Morgan fingerprint density at radius 2 is 1.61 bits per heavy atom. The minimum absolute atomic E-state index is 0.0395. The maximum absolute atomic E-state index is 9.59. The molecule has 0 radical (unpaired) electrons. The van der Waals surface area contributed by atoms with E-state index in [1.54, 1.807) is 0 Å². The Hall–Kier alpha value is -0.200. The molecule has 106 valence electrons. The molecule has 0 bridgehead atoms. The summed E-state index contributed by atoms with van der Waals surface area (Å²) >= 11 is 0. The third-order valence-electron chi connectivity index (χ3n) is 4.44. The van der Waals surface area contributed by atoms with Crippen molar-refractivity contribution >= 4 is 0 Å². The highest BCUT2D eigenvalue weighted by atomic mass is 16.5. The Morgan fingerprint density at radius 1 is 1.11 bits per heavy atom. The molecule has 2 aliphatic heterocycles. The smallest absolute Gasteiger partial charge is 0.0938 e. The molecule has 0 spiro atoms. The largest absolute Gasteiger partial charge is 0.389 e. The standard InChI is InChI=1S/C13H26N2O3/c1-12(2)8(11(14)13(3,4)18-12)5-15-6-9(16)10(17)7-15/h8-11,16-17H,5-7,14H2,1-4H3. The number of ether oxygens (including phenoxy) is 1. The van der Waals surface area contributed by atoms with Crippen LogP contribution in [0, 0.1) is 5.92 Å². The second kappa shape index (κ2) is 4.42. The molecule has 0 aromatic rings. The molecule has 2 fully saturated rings. The minimum Gasteiger partial charge on any atom is -0.389 e. The van der Waals surface area contributed by atoms with E-state index in [0.29, 0.717) is 13.1 Å². The van der Waals surface area contributed by atoms with Gasteiger partial charge in [-0.25, -0.2) is 0 Å². The molecule has 4 N–H and O–H groups in total. The molecule has 2 heterocycles. The lowest BCUT2D eigenvalue weighted by molar-refractivity contribution is -0.0783. The summed E-state index contributed by atoms with van der Waals surface area (Å²) in [5.41, 5.74) is 5.70. The average Bonchev–Trinajstić information content (AvgIpc) is 2.58. The maximum atomic E-state index is 9.59. The molecule has 4 atom stereocenters. The lowest BCUT2D eigenvalue weighted by Gasteiger charge is -2.31. The van der Waals surface area contributed by atoms with E-state index in [4.69, 9.17) is 10.5 Å². The van der Waals surface area contributed by atoms with E-state index in [9.17, 15) is 10.2 Å². The van der Waals surface area contributed by atoms with Gasteiger partial charge in [-0.05, 0) is 27.7 Å². The van der Waals surface area contributed by atoms with Gasteiger partial charge in [-0.1, -0.05) is 0 Å².